The van der Waals surface area contributed by atoms with Gasteiger partial charge in [-0.05, 0) is 30.7 Å². The molecular weight excluding hydrogens is 394 g/mol. The highest BCUT2D eigenvalue weighted by Crippen LogP contribution is 2.34. The van der Waals surface area contributed by atoms with Crippen molar-refractivity contribution in [1.82, 2.24) is 9.47 Å². The van der Waals surface area contributed by atoms with E-state index in [0.29, 0.717) is 6.54 Å². The highest BCUT2D eigenvalue weighted by molar-refractivity contribution is 6.14. The average molecular weight is 424 g/mol. The first-order valence-electron chi connectivity index (χ1n) is 11.5. The maximum Gasteiger partial charge on any atom is 0.179 e. The van der Waals surface area contributed by atoms with Gasteiger partial charge in [-0.3, -0.25) is 9.69 Å². The summed E-state index contributed by atoms with van der Waals surface area (Å²) in [5.74, 6) is 0.209. The van der Waals surface area contributed by atoms with Crippen LogP contribution in [-0.4, -0.2) is 48.0 Å². The van der Waals surface area contributed by atoms with Crippen molar-refractivity contribution in [3.63, 3.8) is 0 Å². The Balaban J connectivity index is 1.43. The summed E-state index contributed by atoms with van der Waals surface area (Å²) >= 11 is 0. The van der Waals surface area contributed by atoms with Crippen LogP contribution in [0, 0.1) is 0 Å². The lowest BCUT2D eigenvalue weighted by molar-refractivity contribution is 0.0928. The van der Waals surface area contributed by atoms with Gasteiger partial charge in [0.05, 0.1) is 17.8 Å². The molecule has 0 saturated carbocycles. The van der Waals surface area contributed by atoms with E-state index in [2.05, 4.69) is 82.0 Å². The number of para-hydroxylation sites is 2. The predicted molar refractivity (Wildman–Crippen MR) is 132 cm³/mol. The predicted octanol–water partition coefficient (Wildman–Crippen LogP) is 5.33. The van der Waals surface area contributed by atoms with Crippen molar-refractivity contribution in [3.8, 4) is 11.3 Å². The minimum absolute atomic E-state index is 0.209. The van der Waals surface area contributed by atoms with E-state index in [0.717, 1.165) is 60.4 Å². The largest absolute Gasteiger partial charge is 0.369 e. The Morgan fingerprint density at radius 1 is 0.781 bits per heavy atom. The lowest BCUT2D eigenvalue weighted by Crippen LogP contribution is -2.48. The topological polar surface area (TPSA) is 28.5 Å². The molecule has 1 aliphatic rings. The molecule has 32 heavy (non-hydrogen) atoms. The highest BCUT2D eigenvalue weighted by Gasteiger charge is 2.26. The van der Waals surface area contributed by atoms with Crippen molar-refractivity contribution in [2.75, 3.05) is 37.6 Å². The summed E-state index contributed by atoms with van der Waals surface area (Å²) in [6.07, 6.45) is 0. The standard InChI is InChI=1S/C28H29N3O/c1-2-31-25-16-10-9-15-24(25)27(28(31)22-11-5-3-6-12-22)26(32)21-29-17-19-30(20-18-29)23-13-7-4-8-14-23/h3-16H,2,17-21H2,1H3. The van der Waals surface area contributed by atoms with Gasteiger partial charge in [0.2, 0.25) is 0 Å². The zero-order valence-corrected chi connectivity index (χ0v) is 18.6. The molecule has 162 valence electrons. The van der Waals surface area contributed by atoms with Crippen molar-refractivity contribution in [2.24, 2.45) is 0 Å². The van der Waals surface area contributed by atoms with E-state index in [-0.39, 0.29) is 5.78 Å². The van der Waals surface area contributed by atoms with E-state index in [1.807, 2.05) is 24.3 Å². The lowest BCUT2D eigenvalue weighted by Gasteiger charge is -2.35. The SMILES string of the molecule is CCn1c(-c2ccccc2)c(C(=O)CN2CCN(c3ccccc3)CC2)c2ccccc21. The number of carbonyl (C=O) groups is 1. The first-order chi connectivity index (χ1) is 15.8. The molecule has 4 heteroatoms. The molecule has 1 saturated heterocycles. The van der Waals surface area contributed by atoms with Crippen molar-refractivity contribution in [1.29, 1.82) is 0 Å². The van der Waals surface area contributed by atoms with E-state index in [4.69, 9.17) is 0 Å². The fraction of sp³-hybridized carbons (Fsp3) is 0.250. The Kier molecular flexibility index (Phi) is 5.78. The molecule has 1 aromatic heterocycles. The van der Waals surface area contributed by atoms with Gasteiger partial charge in [-0.25, -0.2) is 0 Å². The normalized spacial score (nSPS) is 14.7. The third-order valence-corrected chi connectivity index (χ3v) is 6.47. The number of piperazine rings is 1. The van der Waals surface area contributed by atoms with E-state index >= 15 is 0 Å². The minimum Gasteiger partial charge on any atom is -0.369 e. The monoisotopic (exact) mass is 423 g/mol. The summed E-state index contributed by atoms with van der Waals surface area (Å²) in [6, 6.07) is 29.2. The summed E-state index contributed by atoms with van der Waals surface area (Å²) < 4.78 is 2.28. The second-order valence-electron chi connectivity index (χ2n) is 8.37. The number of nitrogens with zero attached hydrogens (tertiary/aromatic N) is 3. The van der Waals surface area contributed by atoms with Crippen LogP contribution in [0.5, 0.6) is 0 Å². The molecule has 1 aliphatic heterocycles. The van der Waals surface area contributed by atoms with E-state index < -0.39 is 0 Å². The van der Waals surface area contributed by atoms with Gasteiger partial charge in [0.15, 0.2) is 5.78 Å². The molecule has 1 fully saturated rings. The molecule has 5 rings (SSSR count). The minimum atomic E-state index is 0.209. The molecule has 0 N–H and O–H groups in total. The van der Waals surface area contributed by atoms with Gasteiger partial charge in [-0.2, -0.15) is 0 Å². The van der Waals surface area contributed by atoms with Crippen molar-refractivity contribution in [3.05, 3.63) is 90.5 Å². The number of hydrogen-bond donors (Lipinski definition) is 0. The number of anilines is 1. The number of benzene rings is 3. The number of rotatable bonds is 6. The number of carbonyl (C=O) groups excluding carboxylic acids is 1. The third-order valence-electron chi connectivity index (χ3n) is 6.47. The first-order valence-corrected chi connectivity index (χ1v) is 11.5. The quantitative estimate of drug-likeness (QED) is 0.392. The van der Waals surface area contributed by atoms with Crippen molar-refractivity contribution >= 4 is 22.4 Å². The summed E-state index contributed by atoms with van der Waals surface area (Å²) in [7, 11) is 0. The molecule has 4 nitrogen and oxygen atoms in total. The van der Waals surface area contributed by atoms with Gasteiger partial charge in [-0.15, -0.1) is 0 Å². The Bertz CT molecular complexity index is 1210. The van der Waals surface area contributed by atoms with Gasteiger partial charge >= 0.3 is 0 Å². The Hall–Kier alpha value is -3.37. The van der Waals surface area contributed by atoms with Crippen LogP contribution < -0.4 is 4.90 Å². The van der Waals surface area contributed by atoms with Gasteiger partial charge in [0, 0.05) is 49.3 Å². The van der Waals surface area contributed by atoms with Crippen LogP contribution in [0.1, 0.15) is 17.3 Å². The molecule has 0 aliphatic carbocycles. The summed E-state index contributed by atoms with van der Waals surface area (Å²) in [6.45, 7) is 7.12. The zero-order chi connectivity index (χ0) is 21.9. The van der Waals surface area contributed by atoms with E-state index in [1.165, 1.54) is 5.69 Å². The average Bonchev–Trinajstić information content (AvgIpc) is 3.20. The number of ketones is 1. The van der Waals surface area contributed by atoms with Crippen molar-refractivity contribution < 1.29 is 4.79 Å². The van der Waals surface area contributed by atoms with E-state index in [9.17, 15) is 4.79 Å². The van der Waals surface area contributed by atoms with Crippen LogP contribution in [0.15, 0.2) is 84.9 Å². The van der Waals surface area contributed by atoms with Gasteiger partial charge in [-0.1, -0.05) is 66.7 Å². The molecule has 0 spiro atoms. The Morgan fingerprint density at radius 2 is 1.41 bits per heavy atom. The fourth-order valence-electron chi connectivity index (χ4n) is 4.90. The molecule has 0 unspecified atom stereocenters. The van der Waals surface area contributed by atoms with Crippen LogP contribution in [-0.2, 0) is 6.54 Å². The maximum atomic E-state index is 13.7. The molecule has 2 heterocycles. The Labute approximate surface area is 189 Å². The summed E-state index contributed by atoms with van der Waals surface area (Å²) in [4.78, 5) is 18.4. The molecule has 0 bridgehead atoms. The highest BCUT2D eigenvalue weighted by atomic mass is 16.1. The van der Waals surface area contributed by atoms with Crippen LogP contribution in [0.3, 0.4) is 0 Å². The second-order valence-corrected chi connectivity index (χ2v) is 8.37. The van der Waals surface area contributed by atoms with Crippen LogP contribution >= 0.6 is 0 Å². The second kappa shape index (κ2) is 9.01. The summed E-state index contributed by atoms with van der Waals surface area (Å²) in [5.41, 5.74) is 5.39. The number of hydrogen-bond acceptors (Lipinski definition) is 3. The first kappa shape index (κ1) is 20.5. The third kappa shape index (κ3) is 3.82. The summed E-state index contributed by atoms with van der Waals surface area (Å²) in [5, 5.41) is 1.06. The van der Waals surface area contributed by atoms with Gasteiger partial charge < -0.3 is 9.47 Å². The number of aryl methyl sites for hydroxylation is 1. The Morgan fingerprint density at radius 3 is 2.09 bits per heavy atom. The molecular formula is C28H29N3O. The van der Waals surface area contributed by atoms with Crippen LogP contribution in [0.25, 0.3) is 22.2 Å². The lowest BCUT2D eigenvalue weighted by atomic mass is 10.0. The van der Waals surface area contributed by atoms with Crippen molar-refractivity contribution in [2.45, 2.75) is 13.5 Å². The van der Waals surface area contributed by atoms with E-state index in [1.54, 1.807) is 0 Å². The molecule has 0 radical (unpaired) electrons. The molecule has 0 atom stereocenters. The van der Waals surface area contributed by atoms with Crippen LogP contribution in [0.4, 0.5) is 5.69 Å². The molecule has 0 amide bonds. The molecule has 3 aromatic carbocycles. The molecule has 4 aromatic rings. The fourth-order valence-corrected chi connectivity index (χ4v) is 4.90. The number of aromatic nitrogens is 1. The smallest absolute Gasteiger partial charge is 0.179 e. The van der Waals surface area contributed by atoms with Gasteiger partial charge in [0.1, 0.15) is 0 Å². The van der Waals surface area contributed by atoms with Gasteiger partial charge in [0.25, 0.3) is 0 Å². The number of fused-ring (bicyclic) bond motifs is 1. The maximum absolute atomic E-state index is 13.7. The van der Waals surface area contributed by atoms with Crippen LogP contribution in [0.2, 0.25) is 0 Å². The number of Topliss-reactive ketones (excluding diaryl/α,β-unsaturated/α-hetero) is 1. The zero-order valence-electron chi connectivity index (χ0n) is 18.6.